The minimum atomic E-state index is -0.484. The molecular weight excluding hydrogens is 286 g/mol. The molecule has 0 aromatic carbocycles. The van der Waals surface area contributed by atoms with Gasteiger partial charge in [0.05, 0.1) is 6.10 Å². The predicted octanol–water partition coefficient (Wildman–Crippen LogP) is 0.562. The number of primary amides is 1. The normalized spacial score (nSPS) is 30.5. The van der Waals surface area contributed by atoms with Crippen molar-refractivity contribution in [1.82, 2.24) is 10.2 Å². The molecule has 2 saturated heterocycles. The number of β-amino-alcohol motifs (C(OH)–C–C–N with tert-alkyl or cyclic N) is 1. The van der Waals surface area contributed by atoms with E-state index in [-0.39, 0.29) is 5.91 Å². The fourth-order valence-electron chi connectivity index (χ4n) is 3.81. The third-order valence-corrected chi connectivity index (χ3v) is 5.78. The molecule has 2 rings (SSSR count). The van der Waals surface area contributed by atoms with Crippen molar-refractivity contribution in [3.63, 3.8) is 0 Å². The molecular formula is C15H29N3O2S. The van der Waals surface area contributed by atoms with Crippen molar-refractivity contribution in [1.29, 1.82) is 0 Å². The molecule has 0 radical (unpaired) electrons. The molecule has 0 saturated carbocycles. The van der Waals surface area contributed by atoms with E-state index in [0.717, 1.165) is 50.2 Å². The van der Waals surface area contributed by atoms with Gasteiger partial charge in [0.2, 0.25) is 5.91 Å². The summed E-state index contributed by atoms with van der Waals surface area (Å²) < 4.78 is 0. The number of rotatable bonds is 9. The summed E-state index contributed by atoms with van der Waals surface area (Å²) in [4.78, 5) is 14.1. The largest absolute Gasteiger partial charge is 0.390 e. The molecule has 5 nitrogen and oxygen atoms in total. The van der Waals surface area contributed by atoms with Gasteiger partial charge in [-0.15, -0.1) is 0 Å². The zero-order valence-electron chi connectivity index (χ0n) is 13.0. The standard InChI is InChI=1S/C15H29N3O2S/c1-2-21-9-8-17-10-13(19)11-18-12-4-3-6-15(18,7-5-12)14(16)20/h12-13,17,19H,2-11H2,1H3,(H2,16,20)/t12-,13?,15+/m1/s1. The molecule has 21 heavy (non-hydrogen) atoms. The van der Waals surface area contributed by atoms with Gasteiger partial charge in [-0.2, -0.15) is 11.8 Å². The van der Waals surface area contributed by atoms with Crippen molar-refractivity contribution in [2.75, 3.05) is 31.1 Å². The second-order valence-corrected chi connectivity index (χ2v) is 7.58. The minimum absolute atomic E-state index is 0.204. The lowest BCUT2D eigenvalue weighted by molar-refractivity contribution is -0.132. The van der Waals surface area contributed by atoms with E-state index in [9.17, 15) is 9.90 Å². The van der Waals surface area contributed by atoms with E-state index in [1.807, 2.05) is 11.8 Å². The quantitative estimate of drug-likeness (QED) is 0.542. The van der Waals surface area contributed by atoms with Gasteiger partial charge in [0.25, 0.3) is 0 Å². The highest BCUT2D eigenvalue weighted by atomic mass is 32.2. The number of nitrogens with zero attached hydrogens (tertiary/aromatic N) is 1. The SMILES string of the molecule is CCSCCNCC(O)CN1[C@@H]2CCC[C@@]1(C(N)=O)CC2. The lowest BCUT2D eigenvalue weighted by Crippen LogP contribution is -2.60. The molecule has 2 bridgehead atoms. The maximum absolute atomic E-state index is 11.9. The highest BCUT2D eigenvalue weighted by molar-refractivity contribution is 7.99. The maximum Gasteiger partial charge on any atom is 0.237 e. The zero-order valence-corrected chi connectivity index (χ0v) is 13.8. The van der Waals surface area contributed by atoms with Gasteiger partial charge in [0.15, 0.2) is 0 Å². The number of aliphatic hydroxyl groups is 1. The van der Waals surface area contributed by atoms with Crippen LogP contribution < -0.4 is 11.1 Å². The molecule has 1 unspecified atom stereocenters. The molecule has 122 valence electrons. The van der Waals surface area contributed by atoms with E-state index < -0.39 is 11.6 Å². The summed E-state index contributed by atoms with van der Waals surface area (Å²) >= 11 is 1.89. The van der Waals surface area contributed by atoms with Crippen LogP contribution in [-0.4, -0.2) is 64.7 Å². The summed E-state index contributed by atoms with van der Waals surface area (Å²) in [5, 5.41) is 13.5. The van der Waals surface area contributed by atoms with Gasteiger partial charge in [-0.3, -0.25) is 9.69 Å². The number of hydrogen-bond donors (Lipinski definition) is 3. The predicted molar refractivity (Wildman–Crippen MR) is 87.4 cm³/mol. The molecule has 4 N–H and O–H groups in total. The van der Waals surface area contributed by atoms with E-state index >= 15 is 0 Å². The number of amides is 1. The Hall–Kier alpha value is -0.300. The first-order valence-electron chi connectivity index (χ1n) is 8.13. The van der Waals surface area contributed by atoms with E-state index in [0.29, 0.717) is 19.1 Å². The molecule has 2 aliphatic rings. The Kier molecular flexibility index (Phi) is 6.34. The number of aliphatic hydroxyl groups excluding tert-OH is 1. The Morgan fingerprint density at radius 1 is 1.52 bits per heavy atom. The number of nitrogens with two attached hydrogens (primary N) is 1. The minimum Gasteiger partial charge on any atom is -0.390 e. The summed E-state index contributed by atoms with van der Waals surface area (Å²) in [7, 11) is 0. The van der Waals surface area contributed by atoms with Gasteiger partial charge in [-0.1, -0.05) is 6.92 Å². The molecule has 2 fully saturated rings. The topological polar surface area (TPSA) is 78.6 Å². The average molecular weight is 315 g/mol. The number of thioether (sulfide) groups is 1. The van der Waals surface area contributed by atoms with Crippen LogP contribution >= 0.6 is 11.8 Å². The molecule has 2 aliphatic heterocycles. The Morgan fingerprint density at radius 2 is 2.33 bits per heavy atom. The Morgan fingerprint density at radius 3 is 3.05 bits per heavy atom. The Balaban J connectivity index is 1.82. The lowest BCUT2D eigenvalue weighted by Gasteiger charge is -2.43. The highest BCUT2D eigenvalue weighted by Gasteiger charge is 2.52. The number of fused-ring (bicyclic) bond motifs is 2. The van der Waals surface area contributed by atoms with Gasteiger partial charge in [-0.25, -0.2) is 0 Å². The molecule has 3 atom stereocenters. The van der Waals surface area contributed by atoms with E-state index in [1.54, 1.807) is 0 Å². The van der Waals surface area contributed by atoms with Crippen molar-refractivity contribution in [3.05, 3.63) is 0 Å². The van der Waals surface area contributed by atoms with Crippen LogP contribution in [0.3, 0.4) is 0 Å². The average Bonchev–Trinajstić information content (AvgIpc) is 2.67. The molecule has 0 aromatic heterocycles. The monoisotopic (exact) mass is 315 g/mol. The van der Waals surface area contributed by atoms with E-state index in [4.69, 9.17) is 5.73 Å². The van der Waals surface area contributed by atoms with Crippen LogP contribution in [0.25, 0.3) is 0 Å². The molecule has 0 aliphatic carbocycles. The van der Waals surface area contributed by atoms with Crippen LogP contribution in [0.2, 0.25) is 0 Å². The van der Waals surface area contributed by atoms with Crippen LogP contribution in [0.15, 0.2) is 0 Å². The van der Waals surface area contributed by atoms with Crippen LogP contribution in [0.5, 0.6) is 0 Å². The third kappa shape index (κ3) is 3.92. The summed E-state index contributed by atoms with van der Waals surface area (Å²) in [6, 6.07) is 0.427. The lowest BCUT2D eigenvalue weighted by atomic mass is 9.87. The number of nitrogens with one attached hydrogen (secondary N) is 1. The van der Waals surface area contributed by atoms with E-state index in [1.165, 1.54) is 0 Å². The fraction of sp³-hybridized carbons (Fsp3) is 0.933. The summed E-state index contributed by atoms with van der Waals surface area (Å²) in [6.07, 6.45) is 4.52. The number of carbonyl (C=O) groups is 1. The van der Waals surface area contributed by atoms with Gasteiger partial charge < -0.3 is 16.2 Å². The van der Waals surface area contributed by atoms with Crippen LogP contribution in [0, 0.1) is 0 Å². The van der Waals surface area contributed by atoms with Crippen molar-refractivity contribution >= 4 is 17.7 Å². The van der Waals surface area contributed by atoms with E-state index in [2.05, 4.69) is 17.1 Å². The van der Waals surface area contributed by atoms with Gasteiger partial charge in [0.1, 0.15) is 5.54 Å². The third-order valence-electron chi connectivity index (χ3n) is 4.88. The van der Waals surface area contributed by atoms with Gasteiger partial charge >= 0.3 is 0 Å². The molecule has 0 aromatic rings. The number of carbonyl (C=O) groups excluding carboxylic acids is 1. The zero-order chi connectivity index (χ0) is 15.3. The Labute approximate surface area is 132 Å². The van der Waals surface area contributed by atoms with Crippen molar-refractivity contribution in [2.24, 2.45) is 5.73 Å². The first-order chi connectivity index (χ1) is 10.1. The van der Waals surface area contributed by atoms with Crippen molar-refractivity contribution in [2.45, 2.75) is 56.7 Å². The fourth-order valence-corrected chi connectivity index (χ4v) is 4.39. The molecule has 0 spiro atoms. The molecule has 6 heteroatoms. The second kappa shape index (κ2) is 7.81. The first kappa shape index (κ1) is 17.1. The Bertz CT molecular complexity index is 352. The van der Waals surface area contributed by atoms with Crippen molar-refractivity contribution < 1.29 is 9.90 Å². The second-order valence-electron chi connectivity index (χ2n) is 6.19. The van der Waals surface area contributed by atoms with Crippen LogP contribution in [0.4, 0.5) is 0 Å². The first-order valence-corrected chi connectivity index (χ1v) is 9.29. The molecule has 2 heterocycles. The number of hydrogen-bond acceptors (Lipinski definition) is 5. The highest BCUT2D eigenvalue weighted by Crippen LogP contribution is 2.43. The summed E-state index contributed by atoms with van der Waals surface area (Å²) in [6.45, 7) is 4.21. The van der Waals surface area contributed by atoms with Gasteiger partial charge in [0, 0.05) is 31.4 Å². The summed E-state index contributed by atoms with van der Waals surface area (Å²) in [5.41, 5.74) is 5.20. The molecule has 1 amide bonds. The number of piperidine rings is 1. The summed E-state index contributed by atoms with van der Waals surface area (Å²) in [5.74, 6) is 1.99. The van der Waals surface area contributed by atoms with Crippen LogP contribution in [-0.2, 0) is 4.79 Å². The van der Waals surface area contributed by atoms with Crippen molar-refractivity contribution in [3.8, 4) is 0 Å². The van der Waals surface area contributed by atoms with Crippen LogP contribution in [0.1, 0.15) is 39.0 Å². The maximum atomic E-state index is 11.9. The smallest absolute Gasteiger partial charge is 0.237 e. The van der Waals surface area contributed by atoms with Gasteiger partial charge in [-0.05, 0) is 37.9 Å².